The van der Waals surface area contributed by atoms with Crippen LogP contribution in [0.25, 0.3) is 16.7 Å². The predicted octanol–water partition coefficient (Wildman–Crippen LogP) is 3.97. The smallest absolute Gasteiger partial charge is 0.263 e. The van der Waals surface area contributed by atoms with Crippen LogP contribution in [0.5, 0.6) is 0 Å². The lowest BCUT2D eigenvalue weighted by Gasteiger charge is -2.09. The minimum absolute atomic E-state index is 0.00188. The van der Waals surface area contributed by atoms with Crippen LogP contribution >= 0.6 is 27.7 Å². The minimum Gasteiger partial charge on any atom is -0.293 e. The minimum atomic E-state index is -0.141. The van der Waals surface area contributed by atoms with E-state index < -0.39 is 0 Å². The number of rotatable bonds is 6. The van der Waals surface area contributed by atoms with E-state index in [0.717, 1.165) is 4.47 Å². The van der Waals surface area contributed by atoms with Crippen LogP contribution in [0.1, 0.15) is 10.4 Å². The second kappa shape index (κ2) is 7.73. The fraction of sp³-hybridized carbons (Fsp3) is 0.100. The summed E-state index contributed by atoms with van der Waals surface area (Å²) < 4.78 is 4.27. The molecule has 0 aliphatic heterocycles. The van der Waals surface area contributed by atoms with E-state index >= 15 is 0 Å². The highest BCUT2D eigenvalue weighted by atomic mass is 79.9. The summed E-state index contributed by atoms with van der Waals surface area (Å²) in [4.78, 5) is 25.3. The molecule has 8 heteroatoms. The van der Waals surface area contributed by atoms with E-state index in [1.165, 1.54) is 16.3 Å². The number of carbonyl (C=O) groups excluding carboxylic acids is 1. The van der Waals surface area contributed by atoms with Crippen molar-refractivity contribution >= 4 is 50.2 Å². The van der Waals surface area contributed by atoms with Crippen LogP contribution in [-0.2, 0) is 6.54 Å². The topological polar surface area (TPSA) is 69.3 Å². The van der Waals surface area contributed by atoms with E-state index in [4.69, 9.17) is 0 Å². The molecule has 0 saturated carbocycles. The normalized spacial score (nSPS) is 11.2. The molecule has 2 heterocycles. The highest BCUT2D eigenvalue weighted by molar-refractivity contribution is 9.10. The molecule has 0 radical (unpaired) electrons. The molecule has 0 N–H and O–H groups in total. The summed E-state index contributed by atoms with van der Waals surface area (Å²) >= 11 is 4.67. The number of aromatic nitrogens is 4. The molecule has 0 aliphatic carbocycles. The summed E-state index contributed by atoms with van der Waals surface area (Å²) in [5, 5.41) is 9.56. The molecule has 6 nitrogen and oxygen atoms in total. The van der Waals surface area contributed by atoms with Crippen molar-refractivity contribution in [2.24, 2.45) is 0 Å². The summed E-state index contributed by atoms with van der Waals surface area (Å²) in [6, 6.07) is 14.6. The molecule has 4 rings (SSSR count). The average molecular weight is 455 g/mol. The second-order valence-corrected chi connectivity index (χ2v) is 7.92. The van der Waals surface area contributed by atoms with Crippen molar-refractivity contribution in [2.75, 3.05) is 5.75 Å². The number of benzene rings is 2. The molecule has 140 valence electrons. The van der Waals surface area contributed by atoms with Gasteiger partial charge in [0, 0.05) is 16.6 Å². The van der Waals surface area contributed by atoms with Gasteiger partial charge in [0.05, 0.1) is 16.7 Å². The van der Waals surface area contributed by atoms with Crippen LogP contribution in [-0.4, -0.2) is 30.7 Å². The highest BCUT2D eigenvalue weighted by Crippen LogP contribution is 2.23. The van der Waals surface area contributed by atoms with E-state index in [9.17, 15) is 9.59 Å². The van der Waals surface area contributed by atoms with Gasteiger partial charge in [0.15, 0.2) is 10.9 Å². The van der Waals surface area contributed by atoms with Gasteiger partial charge >= 0.3 is 0 Å². The van der Waals surface area contributed by atoms with E-state index in [0.29, 0.717) is 33.9 Å². The number of allylic oxidation sites excluding steroid dienone is 1. The van der Waals surface area contributed by atoms with Crippen LogP contribution in [0.2, 0.25) is 0 Å². The number of Topliss-reactive ketones (excluding diaryl/α,β-unsaturated/α-hetero) is 1. The van der Waals surface area contributed by atoms with Gasteiger partial charge in [-0.2, -0.15) is 0 Å². The third-order valence-corrected chi connectivity index (χ3v) is 5.75. The first-order valence-corrected chi connectivity index (χ1v) is 10.3. The SMILES string of the molecule is C=CCn1c(=O)c2ccccc2n2c(SCC(=O)c3ccc(Br)cc3)nnc12. The van der Waals surface area contributed by atoms with Crippen molar-refractivity contribution in [2.45, 2.75) is 11.7 Å². The van der Waals surface area contributed by atoms with Crippen LogP contribution in [0.4, 0.5) is 0 Å². The Hall–Kier alpha value is -2.71. The number of hydrogen-bond acceptors (Lipinski definition) is 5. The number of thioether (sulfide) groups is 1. The number of carbonyl (C=O) groups is 1. The van der Waals surface area contributed by atoms with Crippen molar-refractivity contribution in [1.82, 2.24) is 19.2 Å². The standard InChI is InChI=1S/C20H15BrN4O2S/c1-2-11-24-18(27)15-5-3-4-6-16(15)25-19(24)22-23-20(25)28-12-17(26)13-7-9-14(21)10-8-13/h2-10H,1,11-12H2. The van der Waals surface area contributed by atoms with Gasteiger partial charge in [-0.05, 0) is 24.3 Å². The Morgan fingerprint density at radius 3 is 2.64 bits per heavy atom. The molecule has 0 atom stereocenters. The molecule has 2 aromatic carbocycles. The molecule has 28 heavy (non-hydrogen) atoms. The van der Waals surface area contributed by atoms with Crippen molar-refractivity contribution in [1.29, 1.82) is 0 Å². The summed E-state index contributed by atoms with van der Waals surface area (Å²) in [5.74, 6) is 0.650. The van der Waals surface area contributed by atoms with Crippen LogP contribution < -0.4 is 5.56 Å². The van der Waals surface area contributed by atoms with Gasteiger partial charge < -0.3 is 0 Å². The zero-order valence-corrected chi connectivity index (χ0v) is 17.1. The summed E-state index contributed by atoms with van der Waals surface area (Å²) in [6.07, 6.45) is 1.65. The number of hydrogen-bond donors (Lipinski definition) is 0. The average Bonchev–Trinajstić information content (AvgIpc) is 3.14. The zero-order valence-electron chi connectivity index (χ0n) is 14.7. The maximum atomic E-state index is 12.8. The van der Waals surface area contributed by atoms with Gasteiger partial charge in [-0.15, -0.1) is 16.8 Å². The second-order valence-electron chi connectivity index (χ2n) is 6.06. The maximum Gasteiger partial charge on any atom is 0.263 e. The molecular weight excluding hydrogens is 440 g/mol. The molecule has 2 aromatic heterocycles. The zero-order chi connectivity index (χ0) is 19.7. The Bertz CT molecular complexity index is 1260. The van der Waals surface area contributed by atoms with E-state index in [1.54, 1.807) is 24.3 Å². The monoisotopic (exact) mass is 454 g/mol. The van der Waals surface area contributed by atoms with Crippen molar-refractivity contribution in [3.8, 4) is 0 Å². The maximum absolute atomic E-state index is 12.8. The van der Waals surface area contributed by atoms with Gasteiger partial charge in [-0.3, -0.25) is 18.6 Å². The Morgan fingerprint density at radius 1 is 1.14 bits per heavy atom. The fourth-order valence-corrected chi connectivity index (χ4v) is 4.07. The Labute approximate surface area is 173 Å². The van der Waals surface area contributed by atoms with Crippen LogP contribution in [0.15, 0.2) is 75.6 Å². The van der Waals surface area contributed by atoms with Gasteiger partial charge in [-0.25, -0.2) is 0 Å². The van der Waals surface area contributed by atoms with Gasteiger partial charge in [0.1, 0.15) is 0 Å². The molecule has 4 aromatic rings. The highest BCUT2D eigenvalue weighted by Gasteiger charge is 2.17. The first-order valence-electron chi connectivity index (χ1n) is 8.49. The van der Waals surface area contributed by atoms with E-state index in [1.807, 2.05) is 34.7 Å². The van der Waals surface area contributed by atoms with Crippen LogP contribution in [0.3, 0.4) is 0 Å². The molecule has 0 spiro atoms. The Morgan fingerprint density at radius 2 is 1.89 bits per heavy atom. The van der Waals surface area contributed by atoms with Crippen molar-refractivity contribution in [3.63, 3.8) is 0 Å². The molecule has 0 saturated heterocycles. The van der Waals surface area contributed by atoms with Crippen LogP contribution in [0, 0.1) is 0 Å². The molecule has 0 amide bonds. The first kappa shape index (κ1) is 18.6. The number of para-hydroxylation sites is 1. The van der Waals surface area contributed by atoms with Gasteiger partial charge in [0.25, 0.3) is 5.56 Å². The molecule has 0 fully saturated rings. The largest absolute Gasteiger partial charge is 0.293 e. The quantitative estimate of drug-likeness (QED) is 0.250. The van der Waals surface area contributed by atoms with Gasteiger partial charge in [-0.1, -0.05) is 58.0 Å². The lowest BCUT2D eigenvalue weighted by molar-refractivity contribution is 0.102. The molecule has 0 bridgehead atoms. The third kappa shape index (κ3) is 3.29. The van der Waals surface area contributed by atoms with E-state index in [-0.39, 0.29) is 17.1 Å². The Kier molecular flexibility index (Phi) is 5.15. The lowest BCUT2D eigenvalue weighted by atomic mass is 10.2. The van der Waals surface area contributed by atoms with Crippen molar-refractivity contribution < 1.29 is 4.79 Å². The summed E-state index contributed by atoms with van der Waals surface area (Å²) in [6.45, 7) is 4.05. The number of nitrogens with zero attached hydrogens (tertiary/aromatic N) is 4. The number of ketones is 1. The third-order valence-electron chi connectivity index (χ3n) is 4.29. The summed E-state index contributed by atoms with van der Waals surface area (Å²) in [5.41, 5.74) is 1.21. The van der Waals surface area contributed by atoms with E-state index in [2.05, 4.69) is 32.7 Å². The molecule has 0 unspecified atom stereocenters. The first-order chi connectivity index (χ1) is 13.6. The number of halogens is 1. The van der Waals surface area contributed by atoms with Gasteiger partial charge in [0.2, 0.25) is 5.78 Å². The number of fused-ring (bicyclic) bond motifs is 3. The Balaban J connectivity index is 1.76. The molecule has 0 aliphatic rings. The predicted molar refractivity (Wildman–Crippen MR) is 114 cm³/mol. The molecular formula is C20H15BrN4O2S. The van der Waals surface area contributed by atoms with Crippen molar-refractivity contribution in [3.05, 3.63) is 81.6 Å². The fourth-order valence-electron chi connectivity index (χ4n) is 2.97. The lowest BCUT2D eigenvalue weighted by Crippen LogP contribution is -2.22. The summed E-state index contributed by atoms with van der Waals surface area (Å²) in [7, 11) is 0.